The standard InChI is InChI=1S/C13H14N4OS/c1-16-8-7-15-12(13(16)18)17(2)10-6-4-3-5-9(10)11(14)19/h3-8H,1-2H3,(H2,14,19). The van der Waals surface area contributed by atoms with Crippen LogP contribution in [0.25, 0.3) is 0 Å². The Labute approximate surface area is 116 Å². The number of hydrogen-bond acceptors (Lipinski definition) is 4. The third kappa shape index (κ3) is 2.48. The number of thiocarbonyl (C=S) groups is 1. The van der Waals surface area contributed by atoms with Crippen molar-refractivity contribution < 1.29 is 0 Å². The van der Waals surface area contributed by atoms with E-state index in [-0.39, 0.29) is 10.5 Å². The quantitative estimate of drug-likeness (QED) is 0.852. The number of benzene rings is 1. The lowest BCUT2D eigenvalue weighted by molar-refractivity contribution is 0.833. The molecule has 0 unspecified atom stereocenters. The predicted molar refractivity (Wildman–Crippen MR) is 79.9 cm³/mol. The van der Waals surface area contributed by atoms with Crippen molar-refractivity contribution >= 4 is 28.7 Å². The third-order valence-corrected chi connectivity index (χ3v) is 3.07. The summed E-state index contributed by atoms with van der Waals surface area (Å²) in [6, 6.07) is 7.38. The van der Waals surface area contributed by atoms with Crippen molar-refractivity contribution in [3.05, 3.63) is 52.6 Å². The Morgan fingerprint density at radius 3 is 2.79 bits per heavy atom. The maximum absolute atomic E-state index is 12.1. The molecule has 0 aliphatic rings. The molecular formula is C13H14N4OS. The van der Waals surface area contributed by atoms with Gasteiger partial charge in [-0.1, -0.05) is 24.4 Å². The largest absolute Gasteiger partial charge is 0.389 e. The highest BCUT2D eigenvalue weighted by Gasteiger charge is 2.14. The van der Waals surface area contributed by atoms with Crippen LogP contribution >= 0.6 is 12.2 Å². The number of aromatic nitrogens is 2. The smallest absolute Gasteiger partial charge is 0.293 e. The molecule has 0 atom stereocenters. The highest BCUT2D eigenvalue weighted by atomic mass is 32.1. The van der Waals surface area contributed by atoms with Gasteiger partial charge in [-0.15, -0.1) is 0 Å². The molecule has 1 aromatic heterocycles. The van der Waals surface area contributed by atoms with Gasteiger partial charge in [-0.25, -0.2) is 4.98 Å². The Morgan fingerprint density at radius 2 is 2.11 bits per heavy atom. The Morgan fingerprint density at radius 1 is 1.42 bits per heavy atom. The molecule has 2 N–H and O–H groups in total. The molecule has 0 saturated carbocycles. The number of anilines is 2. The van der Waals surface area contributed by atoms with E-state index in [0.717, 1.165) is 5.69 Å². The first-order chi connectivity index (χ1) is 9.02. The zero-order valence-corrected chi connectivity index (χ0v) is 11.5. The van der Waals surface area contributed by atoms with E-state index < -0.39 is 0 Å². The summed E-state index contributed by atoms with van der Waals surface area (Å²) in [5, 5.41) is 0. The topological polar surface area (TPSA) is 64.2 Å². The molecule has 5 nitrogen and oxygen atoms in total. The van der Waals surface area contributed by atoms with Gasteiger partial charge < -0.3 is 15.2 Å². The highest BCUT2D eigenvalue weighted by molar-refractivity contribution is 7.80. The van der Waals surface area contributed by atoms with Crippen LogP contribution in [-0.2, 0) is 7.05 Å². The van der Waals surface area contributed by atoms with Crippen molar-refractivity contribution in [2.45, 2.75) is 0 Å². The van der Waals surface area contributed by atoms with Crippen molar-refractivity contribution in [2.24, 2.45) is 12.8 Å². The molecule has 0 radical (unpaired) electrons. The van der Waals surface area contributed by atoms with E-state index in [1.54, 1.807) is 31.4 Å². The van der Waals surface area contributed by atoms with E-state index >= 15 is 0 Å². The SMILES string of the molecule is CN(c1ccccc1C(N)=S)c1nccn(C)c1=O. The van der Waals surface area contributed by atoms with Gasteiger partial charge in [-0.2, -0.15) is 0 Å². The van der Waals surface area contributed by atoms with Crippen LogP contribution in [0.1, 0.15) is 5.56 Å². The van der Waals surface area contributed by atoms with Crippen LogP contribution in [0, 0.1) is 0 Å². The van der Waals surface area contributed by atoms with Gasteiger partial charge in [0.2, 0.25) is 0 Å². The van der Waals surface area contributed by atoms with Crippen LogP contribution in [-0.4, -0.2) is 21.6 Å². The van der Waals surface area contributed by atoms with Crippen LogP contribution in [0.15, 0.2) is 41.5 Å². The van der Waals surface area contributed by atoms with E-state index in [4.69, 9.17) is 18.0 Å². The zero-order chi connectivity index (χ0) is 14.0. The van der Waals surface area contributed by atoms with Gasteiger partial charge in [0.05, 0.1) is 5.69 Å². The van der Waals surface area contributed by atoms with E-state index in [1.807, 2.05) is 24.3 Å². The summed E-state index contributed by atoms with van der Waals surface area (Å²) in [5.41, 5.74) is 6.99. The summed E-state index contributed by atoms with van der Waals surface area (Å²) in [7, 11) is 3.45. The van der Waals surface area contributed by atoms with Crippen molar-refractivity contribution in [1.82, 2.24) is 9.55 Å². The first-order valence-corrected chi connectivity index (χ1v) is 6.07. The summed E-state index contributed by atoms with van der Waals surface area (Å²) in [5.74, 6) is 0.328. The van der Waals surface area contributed by atoms with Gasteiger partial charge >= 0.3 is 0 Å². The summed E-state index contributed by atoms with van der Waals surface area (Å²) in [4.78, 5) is 18.2. The summed E-state index contributed by atoms with van der Waals surface area (Å²) in [6.07, 6.45) is 3.19. The van der Waals surface area contributed by atoms with Gasteiger partial charge in [0, 0.05) is 32.1 Å². The van der Waals surface area contributed by atoms with E-state index in [1.165, 1.54) is 4.57 Å². The predicted octanol–water partition coefficient (Wildman–Crippen LogP) is 1.18. The lowest BCUT2D eigenvalue weighted by atomic mass is 10.1. The van der Waals surface area contributed by atoms with Crippen molar-refractivity contribution in [3.8, 4) is 0 Å². The van der Waals surface area contributed by atoms with E-state index in [0.29, 0.717) is 11.4 Å². The average molecular weight is 274 g/mol. The number of nitrogens with zero attached hydrogens (tertiary/aromatic N) is 3. The molecule has 0 fully saturated rings. The second kappa shape index (κ2) is 5.19. The number of aryl methyl sites for hydroxylation is 1. The number of hydrogen-bond donors (Lipinski definition) is 1. The fourth-order valence-electron chi connectivity index (χ4n) is 1.80. The monoisotopic (exact) mass is 274 g/mol. The molecule has 0 spiro atoms. The molecule has 0 amide bonds. The third-order valence-electron chi connectivity index (χ3n) is 2.85. The number of para-hydroxylation sites is 1. The average Bonchev–Trinajstić information content (AvgIpc) is 2.41. The molecule has 0 aliphatic heterocycles. The molecule has 1 aromatic carbocycles. The Balaban J connectivity index is 2.56. The second-order valence-corrected chi connectivity index (χ2v) is 4.55. The molecule has 6 heteroatoms. The minimum absolute atomic E-state index is 0.178. The van der Waals surface area contributed by atoms with Crippen LogP contribution in [0.5, 0.6) is 0 Å². The van der Waals surface area contributed by atoms with Crippen molar-refractivity contribution in [1.29, 1.82) is 0 Å². The van der Waals surface area contributed by atoms with Crippen LogP contribution in [0.3, 0.4) is 0 Å². The molecule has 2 aromatic rings. The molecule has 0 aliphatic carbocycles. The summed E-state index contributed by atoms with van der Waals surface area (Å²) in [6.45, 7) is 0. The fourth-order valence-corrected chi connectivity index (χ4v) is 1.98. The minimum Gasteiger partial charge on any atom is -0.389 e. The van der Waals surface area contributed by atoms with Gasteiger partial charge in [-0.3, -0.25) is 4.79 Å². The van der Waals surface area contributed by atoms with Gasteiger partial charge in [0.1, 0.15) is 4.99 Å². The highest BCUT2D eigenvalue weighted by Crippen LogP contribution is 2.23. The van der Waals surface area contributed by atoms with Crippen LogP contribution in [0.4, 0.5) is 11.5 Å². The molecule has 19 heavy (non-hydrogen) atoms. The molecular weight excluding hydrogens is 260 g/mol. The first-order valence-electron chi connectivity index (χ1n) is 5.66. The fraction of sp³-hybridized carbons (Fsp3) is 0.154. The summed E-state index contributed by atoms with van der Waals surface area (Å²) < 4.78 is 1.47. The van der Waals surface area contributed by atoms with Crippen LogP contribution < -0.4 is 16.2 Å². The van der Waals surface area contributed by atoms with E-state index in [2.05, 4.69) is 4.98 Å². The van der Waals surface area contributed by atoms with Crippen molar-refractivity contribution in [3.63, 3.8) is 0 Å². The maximum Gasteiger partial charge on any atom is 0.293 e. The minimum atomic E-state index is -0.178. The van der Waals surface area contributed by atoms with E-state index in [9.17, 15) is 4.79 Å². The normalized spacial score (nSPS) is 10.2. The molecule has 98 valence electrons. The molecule has 1 heterocycles. The maximum atomic E-state index is 12.1. The lowest BCUT2D eigenvalue weighted by Crippen LogP contribution is -2.27. The van der Waals surface area contributed by atoms with Crippen molar-refractivity contribution in [2.75, 3.05) is 11.9 Å². The zero-order valence-electron chi connectivity index (χ0n) is 10.7. The Kier molecular flexibility index (Phi) is 3.62. The lowest BCUT2D eigenvalue weighted by Gasteiger charge is -2.20. The Hall–Kier alpha value is -2.21. The van der Waals surface area contributed by atoms with Gasteiger partial charge in [-0.05, 0) is 12.1 Å². The summed E-state index contributed by atoms with van der Waals surface area (Å²) >= 11 is 5.02. The molecule has 0 saturated heterocycles. The van der Waals surface area contributed by atoms with Gasteiger partial charge in [0.25, 0.3) is 5.56 Å². The van der Waals surface area contributed by atoms with Crippen LogP contribution in [0.2, 0.25) is 0 Å². The number of nitrogens with two attached hydrogens (primary N) is 1. The molecule has 0 bridgehead atoms. The molecule has 2 rings (SSSR count). The first kappa shape index (κ1) is 13.2. The van der Waals surface area contributed by atoms with Gasteiger partial charge in [0.15, 0.2) is 5.82 Å². The second-order valence-electron chi connectivity index (χ2n) is 4.11. The number of rotatable bonds is 3. The Bertz CT molecular complexity index is 680.